The van der Waals surface area contributed by atoms with Crippen LogP contribution >= 0.6 is 0 Å². The van der Waals surface area contributed by atoms with Crippen molar-refractivity contribution in [1.82, 2.24) is 0 Å². The molecule has 0 aliphatic carbocycles. The molecule has 1 aromatic rings. The molecule has 0 fully saturated rings. The van der Waals surface area contributed by atoms with Crippen molar-refractivity contribution in [3.8, 4) is 0 Å². The molecule has 7 nitrogen and oxygen atoms in total. The van der Waals surface area contributed by atoms with E-state index in [-0.39, 0.29) is 0 Å². The quantitative estimate of drug-likeness (QED) is 0.601. The molecule has 0 radical (unpaired) electrons. The Morgan fingerprint density at radius 1 is 1.00 bits per heavy atom. The fourth-order valence-corrected chi connectivity index (χ4v) is 9.40. The van der Waals surface area contributed by atoms with Gasteiger partial charge in [-0.3, -0.25) is 0 Å². The Kier molecular flexibility index (Phi) is 4.87. The molecule has 18 heavy (non-hydrogen) atoms. The topological polar surface area (TPSA) is 92.0 Å². The maximum absolute atomic E-state index is 11.1. The number of rotatable bonds is 4. The van der Waals surface area contributed by atoms with Crippen molar-refractivity contribution in [2.24, 2.45) is 0 Å². The zero-order valence-electron chi connectivity index (χ0n) is 10.1. The Labute approximate surface area is 110 Å². The van der Waals surface area contributed by atoms with Crippen molar-refractivity contribution in [3.05, 3.63) is 18.6 Å². The third kappa shape index (κ3) is 3.82. The van der Waals surface area contributed by atoms with Crippen LogP contribution in [0.2, 0.25) is 0 Å². The van der Waals surface area contributed by atoms with Crippen LogP contribution in [0.25, 0.3) is 0 Å². The maximum atomic E-state index is 11.1. The van der Waals surface area contributed by atoms with Gasteiger partial charge in [0.1, 0.15) is 0 Å². The third-order valence-corrected chi connectivity index (χ3v) is 12.1. The third-order valence-electron chi connectivity index (χ3n) is 1.71. The van der Waals surface area contributed by atoms with Crippen molar-refractivity contribution in [1.29, 1.82) is 0 Å². The van der Waals surface area contributed by atoms with Gasteiger partial charge >= 0.3 is 110 Å². The van der Waals surface area contributed by atoms with Crippen LogP contribution in [0.1, 0.15) is 20.8 Å². The predicted molar refractivity (Wildman–Crippen MR) is 59.4 cm³/mol. The molecule has 0 aliphatic rings. The molecule has 0 bridgehead atoms. The summed E-state index contributed by atoms with van der Waals surface area (Å²) in [5, 5.41) is 0. The molecule has 0 saturated heterocycles. The molecule has 1 heterocycles. The Morgan fingerprint density at radius 2 is 1.44 bits per heavy atom. The summed E-state index contributed by atoms with van der Waals surface area (Å²) in [5.41, 5.74) is 0. The second-order valence-electron chi connectivity index (χ2n) is 3.35. The summed E-state index contributed by atoms with van der Waals surface area (Å²) in [4.78, 5) is 33.4. The van der Waals surface area contributed by atoms with E-state index in [1.54, 1.807) is 0 Å². The van der Waals surface area contributed by atoms with E-state index in [2.05, 4.69) is 0 Å². The molecule has 1 aromatic heterocycles. The Hall–Kier alpha value is -1.39. The van der Waals surface area contributed by atoms with Crippen LogP contribution in [0.5, 0.6) is 0 Å². The standard InChI is InChI=1S/C4H3O.3C2H4O2.Pb/c1-2-4-5-3-1;3*1-2(3)4;/h1,3-4H;3*1H3,(H,3,4);/q;;;;+3/p-3. The zero-order chi connectivity index (χ0) is 13.8. The van der Waals surface area contributed by atoms with Gasteiger partial charge < -0.3 is 0 Å². The minimum absolute atomic E-state index is 0.295. The van der Waals surface area contributed by atoms with E-state index >= 15 is 0 Å². The van der Waals surface area contributed by atoms with Crippen LogP contribution in [0, 0.1) is 0 Å². The number of hydrogen-bond donors (Lipinski definition) is 0. The molecule has 8 heteroatoms. The van der Waals surface area contributed by atoms with Crippen LogP contribution < -0.4 is 3.12 Å². The minimum atomic E-state index is -4.97. The number of carbonyl (C=O) groups is 3. The van der Waals surface area contributed by atoms with Crippen molar-refractivity contribution in [3.63, 3.8) is 0 Å². The van der Waals surface area contributed by atoms with Crippen LogP contribution in [0.3, 0.4) is 0 Å². The van der Waals surface area contributed by atoms with Crippen molar-refractivity contribution in [2.75, 3.05) is 0 Å². The molecule has 0 saturated carbocycles. The Morgan fingerprint density at radius 3 is 1.72 bits per heavy atom. The van der Waals surface area contributed by atoms with Gasteiger partial charge in [-0.15, -0.1) is 0 Å². The van der Waals surface area contributed by atoms with E-state index < -0.39 is 40.4 Å². The van der Waals surface area contributed by atoms with Crippen LogP contribution in [-0.2, 0) is 22.4 Å². The SMILES string of the molecule is CC(=O)[O][Pb]([O]C(C)=O)([O]C(C)=O)[c]1ccoc1. The van der Waals surface area contributed by atoms with E-state index in [1.807, 2.05) is 0 Å². The van der Waals surface area contributed by atoms with Crippen LogP contribution in [0.4, 0.5) is 0 Å². The van der Waals surface area contributed by atoms with Gasteiger partial charge in [0.15, 0.2) is 0 Å². The zero-order valence-corrected chi connectivity index (χ0v) is 14.0. The van der Waals surface area contributed by atoms with Crippen molar-refractivity contribution >= 4 is 43.6 Å². The van der Waals surface area contributed by atoms with Crippen LogP contribution in [0.15, 0.2) is 23.0 Å². The molecular weight excluding hydrogens is 439 g/mol. The van der Waals surface area contributed by atoms with Gasteiger partial charge in [0, 0.05) is 0 Å². The summed E-state index contributed by atoms with van der Waals surface area (Å²) in [5.74, 6) is -2.08. The summed E-state index contributed by atoms with van der Waals surface area (Å²) in [7, 11) is 0. The second-order valence-corrected chi connectivity index (χ2v) is 12.3. The van der Waals surface area contributed by atoms with E-state index in [0.29, 0.717) is 3.12 Å². The van der Waals surface area contributed by atoms with Gasteiger partial charge in [-0.2, -0.15) is 0 Å². The van der Waals surface area contributed by atoms with E-state index in [1.165, 1.54) is 18.6 Å². The van der Waals surface area contributed by atoms with Crippen molar-refractivity contribution in [2.45, 2.75) is 20.8 Å². The first-order valence-electron chi connectivity index (χ1n) is 4.97. The summed E-state index contributed by atoms with van der Waals surface area (Å²) in [6, 6.07) is 1.44. The van der Waals surface area contributed by atoms with Gasteiger partial charge in [-0.05, 0) is 0 Å². The van der Waals surface area contributed by atoms with E-state index in [4.69, 9.17) is 12.5 Å². The summed E-state index contributed by atoms with van der Waals surface area (Å²) < 4.78 is 20.3. The first kappa shape index (κ1) is 14.7. The molecule has 1 rings (SSSR count). The van der Waals surface area contributed by atoms with Gasteiger partial charge in [0.2, 0.25) is 0 Å². The summed E-state index contributed by atoms with van der Waals surface area (Å²) >= 11 is -4.97. The molecule has 0 atom stereocenters. The fraction of sp³-hybridized carbons (Fsp3) is 0.300. The predicted octanol–water partition coefficient (Wildman–Crippen LogP) is 0.115. The normalized spacial score (nSPS) is 10.6. The average molecular weight is 451 g/mol. The van der Waals surface area contributed by atoms with Gasteiger partial charge in [-0.1, -0.05) is 0 Å². The van der Waals surface area contributed by atoms with E-state index in [0.717, 1.165) is 20.8 Å². The monoisotopic (exact) mass is 452 g/mol. The Bertz CT molecular complexity index is 410. The van der Waals surface area contributed by atoms with Gasteiger partial charge in [0.25, 0.3) is 0 Å². The molecule has 0 unspecified atom stereocenters. The van der Waals surface area contributed by atoms with Gasteiger partial charge in [0.05, 0.1) is 0 Å². The second kappa shape index (κ2) is 5.98. The Balaban J connectivity index is 3.19. The number of furan rings is 1. The first-order chi connectivity index (χ1) is 8.35. The molecule has 0 aliphatic heterocycles. The molecular formula is C10H12O7Pb. The molecule has 0 amide bonds. The fourth-order valence-electron chi connectivity index (χ4n) is 1.25. The van der Waals surface area contributed by atoms with Crippen LogP contribution in [-0.4, -0.2) is 40.4 Å². The molecule has 0 aromatic carbocycles. The number of hydrogen-bond acceptors (Lipinski definition) is 7. The van der Waals surface area contributed by atoms with E-state index in [9.17, 15) is 14.4 Å². The summed E-state index contributed by atoms with van der Waals surface area (Å²) in [6.07, 6.45) is 2.54. The molecule has 98 valence electrons. The van der Waals surface area contributed by atoms with Crippen molar-refractivity contribution < 1.29 is 26.9 Å². The first-order valence-corrected chi connectivity index (χ1v) is 11.7. The average Bonchev–Trinajstić information content (AvgIpc) is 2.65. The van der Waals surface area contributed by atoms with Gasteiger partial charge in [-0.25, -0.2) is 0 Å². The number of carbonyl (C=O) groups excluding carboxylic acids is 3. The molecule has 0 N–H and O–H groups in total. The molecule has 0 spiro atoms. The summed E-state index contributed by atoms with van der Waals surface area (Å²) in [6.45, 7) is 3.42.